The van der Waals surface area contributed by atoms with Gasteiger partial charge in [-0.05, 0) is 25.5 Å². The van der Waals surface area contributed by atoms with Gasteiger partial charge in [0.25, 0.3) is 0 Å². The molecular formula is C18H13Cl2F6N5O6. The molecule has 1 aromatic heterocycles. The Morgan fingerprint density at radius 1 is 1.11 bits per heavy atom. The fourth-order valence-corrected chi connectivity index (χ4v) is 3.51. The number of benzene rings is 1. The molecule has 202 valence electrons. The first-order chi connectivity index (χ1) is 16.9. The number of nitro benzene ring substituents is 2. The van der Waals surface area contributed by atoms with Crippen molar-refractivity contribution in [2.75, 3.05) is 11.9 Å². The van der Waals surface area contributed by atoms with Gasteiger partial charge in [0.2, 0.25) is 0 Å². The van der Waals surface area contributed by atoms with Crippen molar-refractivity contribution in [3.8, 4) is 0 Å². The number of alkyl halides is 6. The summed E-state index contributed by atoms with van der Waals surface area (Å²) in [6, 6.07) is 0.0330. The summed E-state index contributed by atoms with van der Waals surface area (Å²) in [5.41, 5.74) is -7.26. The van der Waals surface area contributed by atoms with Crippen molar-refractivity contribution in [3.63, 3.8) is 0 Å². The highest BCUT2D eigenvalue weighted by molar-refractivity contribution is 6.35. The average molecular weight is 580 g/mol. The summed E-state index contributed by atoms with van der Waals surface area (Å²) in [6.45, 7) is 0.858. The molecule has 0 radical (unpaired) electrons. The zero-order valence-electron chi connectivity index (χ0n) is 17.8. The molecule has 1 fully saturated rings. The van der Waals surface area contributed by atoms with Crippen LogP contribution >= 0.6 is 23.2 Å². The highest BCUT2D eigenvalue weighted by Gasteiger charge is 2.42. The molecule has 1 saturated heterocycles. The number of halogens is 8. The van der Waals surface area contributed by atoms with E-state index in [0.29, 0.717) is 6.07 Å². The molecule has 1 aromatic carbocycles. The number of hydrogen-bond donors (Lipinski definition) is 3. The van der Waals surface area contributed by atoms with E-state index in [4.69, 9.17) is 28.3 Å². The van der Waals surface area contributed by atoms with Crippen LogP contribution in [0.3, 0.4) is 0 Å². The number of carboxylic acids is 1. The SMILES string of the molecule is O=C(O)C1CCCN1.O=[N+]([O-])c1cc(C(F)(F)F)c(Cl)c([N+](=O)[O-])c1Nc1ncc(C(F)(F)F)cc1Cl. The highest BCUT2D eigenvalue weighted by atomic mass is 35.5. The first-order valence-corrected chi connectivity index (χ1v) is 10.4. The summed E-state index contributed by atoms with van der Waals surface area (Å²) in [5.74, 6) is -1.44. The molecule has 0 bridgehead atoms. The summed E-state index contributed by atoms with van der Waals surface area (Å²) in [5, 5.41) is 33.3. The van der Waals surface area contributed by atoms with E-state index in [-0.39, 0.29) is 18.3 Å². The number of nitrogens with zero attached hydrogens (tertiary/aromatic N) is 3. The molecule has 2 heterocycles. The minimum Gasteiger partial charge on any atom is -0.480 e. The Bertz CT molecular complexity index is 1220. The number of nitrogens with one attached hydrogen (secondary N) is 2. The third-order valence-electron chi connectivity index (χ3n) is 4.67. The van der Waals surface area contributed by atoms with E-state index >= 15 is 0 Å². The molecule has 2 aromatic rings. The Morgan fingerprint density at radius 3 is 2.11 bits per heavy atom. The molecule has 1 aliphatic rings. The van der Waals surface area contributed by atoms with Gasteiger partial charge in [0.05, 0.1) is 26.0 Å². The predicted molar refractivity (Wildman–Crippen MR) is 116 cm³/mol. The minimum absolute atomic E-state index is 0.0599. The lowest BCUT2D eigenvalue weighted by molar-refractivity contribution is -0.392. The summed E-state index contributed by atoms with van der Waals surface area (Å²) in [6.07, 6.45) is -8.07. The highest BCUT2D eigenvalue weighted by Crippen LogP contribution is 2.48. The van der Waals surface area contributed by atoms with E-state index in [2.05, 4.69) is 10.3 Å². The second kappa shape index (κ2) is 11.3. The standard InChI is InChI=1S/C13H4Cl2F6N4O4.C5H9NO2/c14-6-1-4(12(16,17)18)3-22-11(6)23-9-7(24(26)27)2-5(13(19,20)21)8(15)10(9)25(28)29;7-5(8)4-2-1-3-6-4/h1-3H,(H,22,23);4,6H,1-3H2,(H,7,8). The molecule has 0 spiro atoms. The van der Waals surface area contributed by atoms with Gasteiger partial charge in [-0.15, -0.1) is 0 Å². The van der Waals surface area contributed by atoms with Gasteiger partial charge in [-0.2, -0.15) is 26.3 Å². The molecule has 3 N–H and O–H groups in total. The van der Waals surface area contributed by atoms with Crippen LogP contribution in [0.2, 0.25) is 10.0 Å². The molecule has 0 saturated carbocycles. The minimum atomic E-state index is -5.27. The van der Waals surface area contributed by atoms with E-state index in [1.165, 1.54) is 0 Å². The number of nitro groups is 2. The van der Waals surface area contributed by atoms with Crippen molar-refractivity contribution in [2.45, 2.75) is 31.2 Å². The van der Waals surface area contributed by atoms with Gasteiger partial charge >= 0.3 is 29.7 Å². The molecule has 19 heteroatoms. The van der Waals surface area contributed by atoms with Crippen molar-refractivity contribution >= 4 is 52.1 Å². The lowest BCUT2D eigenvalue weighted by atomic mass is 10.1. The van der Waals surface area contributed by atoms with Gasteiger partial charge in [-0.3, -0.25) is 25.0 Å². The van der Waals surface area contributed by atoms with Gasteiger partial charge in [0, 0.05) is 12.3 Å². The Hall–Kier alpha value is -3.44. The second-order valence-electron chi connectivity index (χ2n) is 7.16. The quantitative estimate of drug-likeness (QED) is 0.225. The maximum atomic E-state index is 13.0. The van der Waals surface area contributed by atoms with Crippen molar-refractivity contribution in [2.24, 2.45) is 0 Å². The smallest absolute Gasteiger partial charge is 0.418 e. The summed E-state index contributed by atoms with van der Waals surface area (Å²) >= 11 is 11.1. The number of aromatic nitrogens is 1. The number of anilines is 2. The first kappa shape index (κ1) is 29.8. The lowest BCUT2D eigenvalue weighted by Gasteiger charge is -2.14. The monoisotopic (exact) mass is 579 g/mol. The van der Waals surface area contributed by atoms with E-state index in [1.807, 2.05) is 5.32 Å². The normalized spacial score (nSPS) is 15.5. The van der Waals surface area contributed by atoms with Gasteiger partial charge < -0.3 is 15.7 Å². The first-order valence-electron chi connectivity index (χ1n) is 9.63. The number of hydrogen-bond acceptors (Lipinski definition) is 8. The third-order valence-corrected chi connectivity index (χ3v) is 5.34. The van der Waals surface area contributed by atoms with Crippen LogP contribution in [-0.4, -0.2) is 38.5 Å². The van der Waals surface area contributed by atoms with Crippen LogP contribution < -0.4 is 10.6 Å². The number of pyridine rings is 1. The van der Waals surface area contributed by atoms with Crippen LogP contribution in [0.5, 0.6) is 0 Å². The van der Waals surface area contributed by atoms with E-state index < -0.39 is 72.2 Å². The molecule has 11 nitrogen and oxygen atoms in total. The molecule has 0 aliphatic carbocycles. The fourth-order valence-electron chi connectivity index (χ4n) is 2.97. The van der Waals surface area contributed by atoms with Gasteiger partial charge in [0.15, 0.2) is 5.69 Å². The number of aliphatic carboxylic acids is 1. The summed E-state index contributed by atoms with van der Waals surface area (Å²) in [4.78, 5) is 33.0. The van der Waals surface area contributed by atoms with Crippen molar-refractivity contribution in [1.82, 2.24) is 10.3 Å². The van der Waals surface area contributed by atoms with Crippen LogP contribution in [0.25, 0.3) is 0 Å². The number of carbonyl (C=O) groups is 1. The molecule has 1 atom stereocenters. The maximum Gasteiger partial charge on any atom is 0.418 e. The average Bonchev–Trinajstić information content (AvgIpc) is 3.29. The van der Waals surface area contributed by atoms with Crippen LogP contribution in [-0.2, 0) is 17.1 Å². The largest absolute Gasteiger partial charge is 0.480 e. The Morgan fingerprint density at radius 2 is 1.73 bits per heavy atom. The Balaban J connectivity index is 0.000000510. The van der Waals surface area contributed by atoms with E-state index in [0.717, 1.165) is 19.4 Å². The van der Waals surface area contributed by atoms with Crippen LogP contribution in [0.1, 0.15) is 24.0 Å². The molecule has 1 aliphatic heterocycles. The molecule has 1 unspecified atom stereocenters. The zero-order chi connectivity index (χ0) is 28.3. The molecule has 37 heavy (non-hydrogen) atoms. The van der Waals surface area contributed by atoms with Crippen LogP contribution in [0, 0.1) is 20.2 Å². The van der Waals surface area contributed by atoms with Gasteiger partial charge in [0.1, 0.15) is 16.9 Å². The van der Waals surface area contributed by atoms with E-state index in [9.17, 15) is 51.4 Å². The second-order valence-corrected chi connectivity index (χ2v) is 7.94. The number of rotatable bonds is 5. The summed E-state index contributed by atoms with van der Waals surface area (Å²) in [7, 11) is 0. The predicted octanol–water partition coefficient (Wildman–Crippen LogP) is 5.81. The fraction of sp³-hybridized carbons (Fsp3) is 0.333. The molecule has 3 rings (SSSR count). The van der Waals surface area contributed by atoms with Crippen molar-refractivity contribution < 1.29 is 46.1 Å². The van der Waals surface area contributed by atoms with Crippen LogP contribution in [0.4, 0.5) is 49.2 Å². The zero-order valence-corrected chi connectivity index (χ0v) is 19.3. The lowest BCUT2D eigenvalue weighted by Crippen LogP contribution is -2.29. The summed E-state index contributed by atoms with van der Waals surface area (Å²) < 4.78 is 77.0. The number of carboxylic acid groups (broad SMARTS) is 1. The molecule has 0 amide bonds. The van der Waals surface area contributed by atoms with Crippen LogP contribution in [0.15, 0.2) is 18.3 Å². The van der Waals surface area contributed by atoms with Gasteiger partial charge in [-0.1, -0.05) is 23.2 Å². The Labute approximate surface area is 211 Å². The van der Waals surface area contributed by atoms with Crippen molar-refractivity contribution in [3.05, 3.63) is 59.7 Å². The Kier molecular flexibility index (Phi) is 9.10. The molecular weight excluding hydrogens is 567 g/mol. The third kappa shape index (κ3) is 7.30. The van der Waals surface area contributed by atoms with E-state index in [1.54, 1.807) is 0 Å². The van der Waals surface area contributed by atoms with Crippen molar-refractivity contribution in [1.29, 1.82) is 0 Å². The van der Waals surface area contributed by atoms with Gasteiger partial charge in [-0.25, -0.2) is 4.98 Å². The maximum absolute atomic E-state index is 13.0. The topological polar surface area (TPSA) is 161 Å².